The van der Waals surface area contributed by atoms with E-state index in [0.29, 0.717) is 35.9 Å². The number of aromatic nitrogens is 2. The summed E-state index contributed by atoms with van der Waals surface area (Å²) in [5.41, 5.74) is 1.08. The summed E-state index contributed by atoms with van der Waals surface area (Å²) in [6.07, 6.45) is 3.17. The third-order valence-electron chi connectivity index (χ3n) is 4.24. The van der Waals surface area contributed by atoms with Crippen LogP contribution >= 0.6 is 0 Å². The molecule has 0 unspecified atom stereocenters. The Morgan fingerprint density at radius 1 is 1.33 bits per heavy atom. The molecule has 1 fully saturated rings. The zero-order chi connectivity index (χ0) is 17.1. The first-order valence-corrected chi connectivity index (χ1v) is 8.00. The highest BCUT2D eigenvalue weighted by molar-refractivity contribution is 5.97. The molecule has 126 valence electrons. The zero-order valence-electron chi connectivity index (χ0n) is 13.8. The quantitative estimate of drug-likeness (QED) is 0.933. The number of hydrogen-bond acceptors (Lipinski definition) is 5. The van der Waals surface area contributed by atoms with Crippen LogP contribution in [-0.2, 0) is 4.79 Å². The van der Waals surface area contributed by atoms with Crippen molar-refractivity contribution in [3.05, 3.63) is 41.4 Å². The van der Waals surface area contributed by atoms with Crippen molar-refractivity contribution < 1.29 is 14.1 Å². The molecule has 2 aromatic heterocycles. The van der Waals surface area contributed by atoms with Crippen LogP contribution in [0.25, 0.3) is 0 Å². The van der Waals surface area contributed by atoms with Gasteiger partial charge >= 0.3 is 0 Å². The van der Waals surface area contributed by atoms with Crippen molar-refractivity contribution in [2.24, 2.45) is 5.92 Å². The first-order valence-electron chi connectivity index (χ1n) is 8.00. The number of anilines is 1. The molecule has 0 aliphatic carbocycles. The molecule has 1 aliphatic heterocycles. The van der Waals surface area contributed by atoms with Gasteiger partial charge in [-0.3, -0.25) is 9.59 Å². The minimum absolute atomic E-state index is 0.107. The molecule has 0 aromatic carbocycles. The fourth-order valence-corrected chi connectivity index (χ4v) is 2.99. The first-order chi connectivity index (χ1) is 11.6. The van der Waals surface area contributed by atoms with Gasteiger partial charge in [0.05, 0.1) is 11.6 Å². The van der Waals surface area contributed by atoms with E-state index in [1.54, 1.807) is 37.1 Å². The molecule has 1 aliphatic rings. The van der Waals surface area contributed by atoms with Crippen LogP contribution in [0.1, 0.15) is 34.7 Å². The molecule has 1 N–H and O–H groups in total. The standard InChI is InChI=1S/C17H20N4O3/c1-11-15(12(2)24-20-11)17(23)21-9-5-6-13(10-21)16(22)19-14-7-3-4-8-18-14/h3-4,7-8,13H,5-6,9-10H2,1-2H3,(H,18,19,22)/t13-/m1/s1. The zero-order valence-corrected chi connectivity index (χ0v) is 13.8. The molecule has 3 rings (SSSR count). The molecule has 0 saturated carbocycles. The van der Waals surface area contributed by atoms with Crippen LogP contribution in [0.15, 0.2) is 28.9 Å². The summed E-state index contributed by atoms with van der Waals surface area (Å²) in [7, 11) is 0. The van der Waals surface area contributed by atoms with Crippen molar-refractivity contribution in [3.63, 3.8) is 0 Å². The highest BCUT2D eigenvalue weighted by Crippen LogP contribution is 2.22. The SMILES string of the molecule is Cc1noc(C)c1C(=O)N1CCC[C@@H](C(=O)Nc2ccccn2)C1. The van der Waals surface area contributed by atoms with E-state index in [2.05, 4.69) is 15.5 Å². The van der Waals surface area contributed by atoms with E-state index < -0.39 is 0 Å². The third kappa shape index (κ3) is 3.29. The monoisotopic (exact) mass is 328 g/mol. The van der Waals surface area contributed by atoms with Crippen molar-refractivity contribution in [2.45, 2.75) is 26.7 Å². The smallest absolute Gasteiger partial charge is 0.259 e. The first kappa shape index (κ1) is 16.2. The lowest BCUT2D eigenvalue weighted by Crippen LogP contribution is -2.44. The van der Waals surface area contributed by atoms with E-state index in [-0.39, 0.29) is 17.7 Å². The Bertz CT molecular complexity index is 722. The Morgan fingerprint density at radius 2 is 2.17 bits per heavy atom. The Kier molecular flexibility index (Phi) is 4.59. The number of rotatable bonds is 3. The molecule has 0 bridgehead atoms. The Morgan fingerprint density at radius 3 is 2.83 bits per heavy atom. The predicted molar refractivity (Wildman–Crippen MR) is 87.5 cm³/mol. The number of hydrogen-bond donors (Lipinski definition) is 1. The van der Waals surface area contributed by atoms with Crippen LogP contribution < -0.4 is 5.32 Å². The number of pyridine rings is 1. The van der Waals surface area contributed by atoms with Crippen LogP contribution in [0.5, 0.6) is 0 Å². The summed E-state index contributed by atoms with van der Waals surface area (Å²) in [6, 6.07) is 5.35. The number of nitrogens with zero attached hydrogens (tertiary/aromatic N) is 3. The fraction of sp³-hybridized carbons (Fsp3) is 0.412. The highest BCUT2D eigenvalue weighted by Gasteiger charge is 2.31. The number of likely N-dealkylation sites (tertiary alicyclic amines) is 1. The van der Waals surface area contributed by atoms with E-state index in [0.717, 1.165) is 12.8 Å². The van der Waals surface area contributed by atoms with Gasteiger partial charge in [0.1, 0.15) is 17.1 Å². The largest absolute Gasteiger partial charge is 0.361 e. The minimum Gasteiger partial charge on any atom is -0.361 e. The Balaban J connectivity index is 1.68. The molecule has 0 radical (unpaired) electrons. The average molecular weight is 328 g/mol. The third-order valence-corrected chi connectivity index (χ3v) is 4.24. The van der Waals surface area contributed by atoms with E-state index in [1.807, 2.05) is 6.07 Å². The Labute approximate surface area is 140 Å². The van der Waals surface area contributed by atoms with Gasteiger partial charge in [-0.15, -0.1) is 0 Å². The van der Waals surface area contributed by atoms with Crippen LogP contribution in [0.2, 0.25) is 0 Å². The summed E-state index contributed by atoms with van der Waals surface area (Å²) >= 11 is 0. The average Bonchev–Trinajstić information content (AvgIpc) is 2.94. The van der Waals surface area contributed by atoms with Crippen LogP contribution in [0.3, 0.4) is 0 Å². The number of aryl methyl sites for hydroxylation is 2. The van der Waals surface area contributed by atoms with E-state index in [4.69, 9.17) is 4.52 Å². The lowest BCUT2D eigenvalue weighted by molar-refractivity contribution is -0.121. The van der Waals surface area contributed by atoms with Gasteiger partial charge in [0, 0.05) is 19.3 Å². The van der Waals surface area contributed by atoms with Crippen molar-refractivity contribution in [3.8, 4) is 0 Å². The molecule has 24 heavy (non-hydrogen) atoms. The molecular weight excluding hydrogens is 308 g/mol. The van der Waals surface area contributed by atoms with Gasteiger partial charge in [-0.05, 0) is 38.8 Å². The number of nitrogens with one attached hydrogen (secondary N) is 1. The van der Waals surface area contributed by atoms with Crippen LogP contribution in [0.4, 0.5) is 5.82 Å². The highest BCUT2D eigenvalue weighted by atomic mass is 16.5. The lowest BCUT2D eigenvalue weighted by atomic mass is 9.96. The summed E-state index contributed by atoms with van der Waals surface area (Å²) in [4.78, 5) is 31.0. The number of carbonyl (C=O) groups excluding carboxylic acids is 2. The Hall–Kier alpha value is -2.70. The van der Waals surface area contributed by atoms with Gasteiger partial charge in [-0.25, -0.2) is 4.98 Å². The number of carbonyl (C=O) groups is 2. The molecule has 1 atom stereocenters. The van der Waals surface area contributed by atoms with E-state index in [1.165, 1.54) is 0 Å². The second-order valence-corrected chi connectivity index (χ2v) is 5.99. The van der Waals surface area contributed by atoms with Crippen molar-refractivity contribution in [2.75, 3.05) is 18.4 Å². The lowest BCUT2D eigenvalue weighted by Gasteiger charge is -2.32. The van der Waals surface area contributed by atoms with E-state index in [9.17, 15) is 9.59 Å². The summed E-state index contributed by atoms with van der Waals surface area (Å²) < 4.78 is 5.08. The molecule has 7 nitrogen and oxygen atoms in total. The second-order valence-electron chi connectivity index (χ2n) is 5.99. The van der Waals surface area contributed by atoms with Gasteiger partial charge in [0.15, 0.2) is 0 Å². The summed E-state index contributed by atoms with van der Waals surface area (Å²) in [5, 5.41) is 6.64. The molecule has 2 aromatic rings. The van der Waals surface area contributed by atoms with Gasteiger partial charge < -0.3 is 14.7 Å². The normalized spacial score (nSPS) is 17.6. The van der Waals surface area contributed by atoms with Gasteiger partial charge in [-0.2, -0.15) is 0 Å². The van der Waals surface area contributed by atoms with Gasteiger partial charge in [-0.1, -0.05) is 11.2 Å². The summed E-state index contributed by atoms with van der Waals surface area (Å²) in [6.45, 7) is 4.50. The summed E-state index contributed by atoms with van der Waals surface area (Å²) in [5.74, 6) is 0.561. The maximum absolute atomic E-state index is 12.7. The maximum Gasteiger partial charge on any atom is 0.259 e. The fourth-order valence-electron chi connectivity index (χ4n) is 2.99. The van der Waals surface area contributed by atoms with Crippen molar-refractivity contribution >= 4 is 17.6 Å². The second kappa shape index (κ2) is 6.82. The molecular formula is C17H20N4O3. The molecule has 7 heteroatoms. The minimum atomic E-state index is -0.245. The topological polar surface area (TPSA) is 88.3 Å². The van der Waals surface area contributed by atoms with E-state index >= 15 is 0 Å². The van der Waals surface area contributed by atoms with Crippen LogP contribution in [-0.4, -0.2) is 39.9 Å². The molecule has 0 spiro atoms. The maximum atomic E-state index is 12.7. The molecule has 2 amide bonds. The molecule has 1 saturated heterocycles. The van der Waals surface area contributed by atoms with Gasteiger partial charge in [0.25, 0.3) is 5.91 Å². The molecule has 3 heterocycles. The number of piperidine rings is 1. The van der Waals surface area contributed by atoms with Crippen LogP contribution in [0, 0.1) is 19.8 Å². The van der Waals surface area contributed by atoms with Crippen molar-refractivity contribution in [1.29, 1.82) is 0 Å². The van der Waals surface area contributed by atoms with Gasteiger partial charge in [0.2, 0.25) is 5.91 Å². The number of amides is 2. The predicted octanol–water partition coefficient (Wildman–Crippen LogP) is 2.18. The van der Waals surface area contributed by atoms with Crippen molar-refractivity contribution in [1.82, 2.24) is 15.0 Å².